The van der Waals surface area contributed by atoms with Crippen LogP contribution in [0.4, 0.5) is 5.69 Å². The Balaban J connectivity index is 1.46. The molecule has 0 aliphatic carbocycles. The molecule has 6 rings (SSSR count). The Morgan fingerprint density at radius 3 is 2.84 bits per heavy atom. The van der Waals surface area contributed by atoms with Gasteiger partial charge >= 0.3 is 0 Å². The number of ether oxygens (including phenoxy) is 1. The van der Waals surface area contributed by atoms with Crippen LogP contribution in [0.3, 0.4) is 0 Å². The predicted molar refractivity (Wildman–Crippen MR) is 138 cm³/mol. The summed E-state index contributed by atoms with van der Waals surface area (Å²) in [6, 6.07) is 14.9. The molecule has 38 heavy (non-hydrogen) atoms. The third-order valence-corrected chi connectivity index (χ3v) is 7.97. The number of carbonyl (C=O) groups is 3. The molecule has 0 unspecified atom stereocenters. The van der Waals surface area contributed by atoms with E-state index in [0.29, 0.717) is 44.8 Å². The molecule has 1 fully saturated rings. The van der Waals surface area contributed by atoms with Crippen molar-refractivity contribution in [3.63, 3.8) is 0 Å². The maximum absolute atomic E-state index is 14.5. The van der Waals surface area contributed by atoms with E-state index in [1.807, 2.05) is 53.4 Å². The van der Waals surface area contributed by atoms with Crippen LogP contribution >= 0.6 is 0 Å². The normalized spacial score (nSPS) is 23.1. The fourth-order valence-corrected chi connectivity index (χ4v) is 6.13. The second kappa shape index (κ2) is 9.59. The molecule has 0 N–H and O–H groups in total. The highest BCUT2D eigenvalue weighted by Gasteiger charge is 2.61. The minimum Gasteiger partial charge on any atom is -0.494 e. The first-order valence-corrected chi connectivity index (χ1v) is 13.0. The number of aryl methyl sites for hydroxylation is 1. The Morgan fingerprint density at radius 2 is 2.00 bits per heavy atom. The van der Waals surface area contributed by atoms with Gasteiger partial charge in [0.05, 0.1) is 19.2 Å². The fraction of sp³-hybridized carbons (Fsp3) is 0.393. The lowest BCUT2D eigenvalue weighted by Gasteiger charge is -2.35. The van der Waals surface area contributed by atoms with Gasteiger partial charge < -0.3 is 19.4 Å². The second-order valence-electron chi connectivity index (χ2n) is 10.1. The van der Waals surface area contributed by atoms with Crippen LogP contribution in [0.2, 0.25) is 0 Å². The lowest BCUT2D eigenvalue weighted by molar-refractivity contribution is -0.135. The van der Waals surface area contributed by atoms with Crippen molar-refractivity contribution < 1.29 is 19.1 Å². The minimum atomic E-state index is -0.999. The van der Waals surface area contributed by atoms with Crippen LogP contribution in [0, 0.1) is 0 Å². The highest BCUT2D eigenvalue weighted by Crippen LogP contribution is 2.57. The number of hydrogen-bond acceptors (Lipinski definition) is 6. The van der Waals surface area contributed by atoms with Gasteiger partial charge in [0.25, 0.3) is 0 Å². The van der Waals surface area contributed by atoms with Crippen LogP contribution < -0.4 is 9.64 Å². The van der Waals surface area contributed by atoms with E-state index in [-0.39, 0.29) is 30.7 Å². The number of hydrogen-bond donors (Lipinski definition) is 0. The molecule has 1 spiro atoms. The van der Waals surface area contributed by atoms with Gasteiger partial charge in [-0.15, -0.1) is 0 Å². The zero-order valence-corrected chi connectivity index (χ0v) is 21.3. The average molecular weight is 515 g/mol. The van der Waals surface area contributed by atoms with Gasteiger partial charge in [0.15, 0.2) is 0 Å². The first-order valence-electron chi connectivity index (χ1n) is 13.0. The van der Waals surface area contributed by atoms with Crippen molar-refractivity contribution in [2.24, 2.45) is 0 Å². The Hall–Kier alpha value is -4.21. The van der Waals surface area contributed by atoms with Gasteiger partial charge in [-0.05, 0) is 42.2 Å². The van der Waals surface area contributed by atoms with Crippen LogP contribution in [0.5, 0.6) is 5.75 Å². The third-order valence-electron chi connectivity index (χ3n) is 7.97. The smallest absolute Gasteiger partial charge is 0.242 e. The van der Waals surface area contributed by atoms with Crippen molar-refractivity contribution in [3.05, 3.63) is 72.3 Å². The number of likely N-dealkylation sites (N-methyl/N-ethyl adjacent to an activating group) is 1. The van der Waals surface area contributed by atoms with Crippen LogP contribution in [0.15, 0.2) is 61.2 Å². The SMILES string of the molecule is CN1CCCOc2cccc(c2)[C@@H]2N(C(=O)CCn3cncn3)CC[C@]23C(=O)N(CC1=O)c1ccccc13. The van der Waals surface area contributed by atoms with Crippen molar-refractivity contribution in [1.82, 2.24) is 24.6 Å². The zero-order valence-electron chi connectivity index (χ0n) is 21.3. The van der Waals surface area contributed by atoms with Crippen molar-refractivity contribution in [2.75, 3.05) is 38.2 Å². The summed E-state index contributed by atoms with van der Waals surface area (Å²) < 4.78 is 7.66. The number of fused-ring (bicyclic) bond motifs is 6. The van der Waals surface area contributed by atoms with E-state index >= 15 is 0 Å². The molecular formula is C28H30N6O4. The van der Waals surface area contributed by atoms with E-state index in [0.717, 1.165) is 16.8 Å². The maximum Gasteiger partial charge on any atom is 0.242 e. The molecule has 4 heterocycles. The molecule has 1 saturated heterocycles. The van der Waals surface area contributed by atoms with Gasteiger partial charge in [-0.25, -0.2) is 4.98 Å². The molecule has 0 saturated carbocycles. The van der Waals surface area contributed by atoms with Crippen LogP contribution in [0.1, 0.15) is 36.4 Å². The summed E-state index contributed by atoms with van der Waals surface area (Å²) in [4.78, 5) is 50.4. The molecule has 2 aromatic carbocycles. The molecule has 3 aliphatic heterocycles. The van der Waals surface area contributed by atoms with E-state index in [2.05, 4.69) is 10.1 Å². The monoisotopic (exact) mass is 514 g/mol. The van der Waals surface area contributed by atoms with Gasteiger partial charge in [0, 0.05) is 32.2 Å². The average Bonchev–Trinajstić information content (AvgIpc) is 3.65. The molecule has 1 aromatic heterocycles. The first-order chi connectivity index (χ1) is 18.5. The third kappa shape index (κ3) is 3.91. The summed E-state index contributed by atoms with van der Waals surface area (Å²) in [7, 11) is 1.75. The number of benzene rings is 2. The Bertz CT molecular complexity index is 1380. The van der Waals surface area contributed by atoms with Gasteiger partial charge in [-0.1, -0.05) is 30.3 Å². The van der Waals surface area contributed by atoms with Gasteiger partial charge in [0.2, 0.25) is 17.7 Å². The van der Waals surface area contributed by atoms with Gasteiger partial charge in [0.1, 0.15) is 30.4 Å². The summed E-state index contributed by atoms with van der Waals surface area (Å²) in [5.74, 6) is 0.354. The maximum atomic E-state index is 14.5. The Labute approximate surface area is 220 Å². The lowest BCUT2D eigenvalue weighted by atomic mass is 9.72. The molecule has 4 bridgehead atoms. The minimum absolute atomic E-state index is 0.0397. The molecule has 196 valence electrons. The lowest BCUT2D eigenvalue weighted by Crippen LogP contribution is -2.48. The molecule has 0 radical (unpaired) electrons. The van der Waals surface area contributed by atoms with Crippen molar-refractivity contribution in [1.29, 1.82) is 0 Å². The van der Waals surface area contributed by atoms with Crippen LogP contribution in [-0.4, -0.2) is 75.6 Å². The molecule has 3 amide bonds. The molecule has 10 heteroatoms. The van der Waals surface area contributed by atoms with Crippen molar-refractivity contribution in [3.8, 4) is 5.75 Å². The number of rotatable bonds is 3. The largest absolute Gasteiger partial charge is 0.494 e. The number of aromatic nitrogens is 3. The first kappa shape index (κ1) is 24.1. The summed E-state index contributed by atoms with van der Waals surface area (Å²) in [6.45, 7) is 1.77. The van der Waals surface area contributed by atoms with E-state index < -0.39 is 11.5 Å². The van der Waals surface area contributed by atoms with Crippen molar-refractivity contribution in [2.45, 2.75) is 37.3 Å². The molecular weight excluding hydrogens is 484 g/mol. The fourth-order valence-electron chi connectivity index (χ4n) is 6.13. The van der Waals surface area contributed by atoms with Crippen LogP contribution in [0.25, 0.3) is 0 Å². The number of carbonyl (C=O) groups excluding carboxylic acids is 3. The summed E-state index contributed by atoms with van der Waals surface area (Å²) in [5.41, 5.74) is 1.45. The summed E-state index contributed by atoms with van der Waals surface area (Å²) in [6.07, 6.45) is 4.39. The number of anilines is 1. The highest BCUT2D eigenvalue weighted by atomic mass is 16.5. The predicted octanol–water partition coefficient (Wildman–Crippen LogP) is 2.17. The van der Waals surface area contributed by atoms with E-state index in [9.17, 15) is 14.4 Å². The van der Waals surface area contributed by atoms with E-state index in [1.54, 1.807) is 27.9 Å². The van der Waals surface area contributed by atoms with E-state index in [4.69, 9.17) is 4.74 Å². The van der Waals surface area contributed by atoms with Crippen LogP contribution in [-0.2, 0) is 26.3 Å². The summed E-state index contributed by atoms with van der Waals surface area (Å²) in [5, 5.41) is 4.12. The van der Waals surface area contributed by atoms with Crippen molar-refractivity contribution >= 4 is 23.4 Å². The quantitative estimate of drug-likeness (QED) is 0.531. The highest BCUT2D eigenvalue weighted by molar-refractivity contribution is 6.12. The number of amides is 3. The Morgan fingerprint density at radius 1 is 1.13 bits per heavy atom. The molecule has 3 aromatic rings. The molecule has 3 aliphatic rings. The van der Waals surface area contributed by atoms with E-state index in [1.165, 1.54) is 6.33 Å². The standard InChI is InChI=1S/C28H30N6O4/c1-31-12-5-15-38-21-7-4-6-20(16-21)26-28(11-14-33(26)24(35)10-13-32-19-29-18-30-32)22-8-2-3-9-23(22)34(27(28)37)17-25(31)36/h2-4,6-9,16,18-19,26H,5,10-15,17H2,1H3/t26-,28+/m0/s1. The number of likely N-dealkylation sites (tertiary alicyclic amines) is 1. The molecule has 2 atom stereocenters. The number of para-hydroxylation sites is 1. The molecule has 10 nitrogen and oxygen atoms in total. The van der Waals surface area contributed by atoms with Gasteiger partial charge in [-0.2, -0.15) is 5.10 Å². The second-order valence-corrected chi connectivity index (χ2v) is 10.1. The zero-order chi connectivity index (χ0) is 26.3. The topological polar surface area (TPSA) is 101 Å². The Kier molecular flexibility index (Phi) is 6.09. The summed E-state index contributed by atoms with van der Waals surface area (Å²) >= 11 is 0. The number of nitrogens with zero attached hydrogens (tertiary/aromatic N) is 6. The van der Waals surface area contributed by atoms with Gasteiger partial charge in [-0.3, -0.25) is 19.1 Å².